The summed E-state index contributed by atoms with van der Waals surface area (Å²) in [5.41, 5.74) is 2.84. The van der Waals surface area contributed by atoms with Gasteiger partial charge in [-0.05, 0) is 24.3 Å². The van der Waals surface area contributed by atoms with Gasteiger partial charge in [-0.3, -0.25) is 9.55 Å². The van der Waals surface area contributed by atoms with Crippen molar-refractivity contribution in [3.05, 3.63) is 71.7 Å². The molecule has 1 aliphatic rings. The Bertz CT molecular complexity index is 1030. The summed E-state index contributed by atoms with van der Waals surface area (Å²) in [5, 5.41) is 0.928. The predicted molar refractivity (Wildman–Crippen MR) is 99.3 cm³/mol. The van der Waals surface area contributed by atoms with E-state index in [-0.39, 0.29) is 0 Å². The van der Waals surface area contributed by atoms with Crippen LogP contribution >= 0.6 is 7.60 Å². The van der Waals surface area contributed by atoms with E-state index in [9.17, 15) is 4.57 Å². The van der Waals surface area contributed by atoms with E-state index in [2.05, 4.69) is 4.98 Å². The van der Waals surface area contributed by atoms with E-state index in [1.54, 1.807) is 12.3 Å². The molecule has 0 spiro atoms. The average Bonchev–Trinajstić information content (AvgIpc) is 3.04. The minimum absolute atomic E-state index is 0.490. The number of para-hydroxylation sites is 1. The van der Waals surface area contributed by atoms with Crippen molar-refractivity contribution in [2.24, 2.45) is 0 Å². The van der Waals surface area contributed by atoms with Gasteiger partial charge in [0.15, 0.2) is 0 Å². The molecule has 0 aliphatic carbocycles. The fraction of sp³-hybridized carbons (Fsp3) is 0.158. The van der Waals surface area contributed by atoms with E-state index in [1.807, 2.05) is 48.5 Å². The van der Waals surface area contributed by atoms with Gasteiger partial charge in [0.1, 0.15) is 11.5 Å². The first-order valence-electron chi connectivity index (χ1n) is 8.05. The molecule has 1 aliphatic heterocycles. The van der Waals surface area contributed by atoms with Crippen molar-refractivity contribution in [3.63, 3.8) is 0 Å². The summed E-state index contributed by atoms with van der Waals surface area (Å²) in [4.78, 5) is 9.00. The van der Waals surface area contributed by atoms with Crippen LogP contribution in [0.1, 0.15) is 22.8 Å². The van der Waals surface area contributed by atoms with Crippen LogP contribution in [0, 0.1) is 0 Å². The Kier molecular flexibility index (Phi) is 4.32. The van der Waals surface area contributed by atoms with Crippen molar-refractivity contribution in [1.82, 2.24) is 9.97 Å². The molecule has 7 heteroatoms. The van der Waals surface area contributed by atoms with Crippen molar-refractivity contribution >= 4 is 30.3 Å². The van der Waals surface area contributed by atoms with Gasteiger partial charge < -0.3 is 13.8 Å². The molecule has 26 heavy (non-hydrogen) atoms. The zero-order valence-corrected chi connectivity index (χ0v) is 15.2. The molecule has 0 fully saturated rings. The van der Waals surface area contributed by atoms with Crippen molar-refractivity contribution in [3.8, 4) is 0 Å². The van der Waals surface area contributed by atoms with Crippen LogP contribution in [0.5, 0.6) is 0 Å². The molecule has 3 aromatic rings. The first kappa shape index (κ1) is 16.9. The van der Waals surface area contributed by atoms with E-state index >= 15 is 0 Å². The molecule has 1 aromatic carbocycles. The highest BCUT2D eigenvalue weighted by Gasteiger charge is 2.45. The number of pyridine rings is 2. The number of nitrogens with zero attached hydrogens (tertiary/aromatic N) is 2. The fourth-order valence-corrected chi connectivity index (χ4v) is 4.27. The molecule has 0 amide bonds. The lowest BCUT2D eigenvalue weighted by Crippen LogP contribution is -2.02. The summed E-state index contributed by atoms with van der Waals surface area (Å²) < 4.78 is 29.4. The Hall–Kier alpha value is -2.53. The lowest BCUT2D eigenvalue weighted by atomic mass is 10.1. The molecule has 4 rings (SSSR count). The maximum Gasteiger partial charge on any atom is 0.375 e. The Morgan fingerprint density at radius 1 is 1.12 bits per heavy atom. The largest absolute Gasteiger partial charge is 0.471 e. The smallest absolute Gasteiger partial charge is 0.375 e. The first-order valence-corrected chi connectivity index (χ1v) is 9.66. The fourth-order valence-electron chi connectivity index (χ4n) is 2.96. The van der Waals surface area contributed by atoms with Gasteiger partial charge in [-0.25, -0.2) is 4.98 Å². The molecule has 1 unspecified atom stereocenters. The van der Waals surface area contributed by atoms with Gasteiger partial charge in [0.05, 0.1) is 11.2 Å². The van der Waals surface area contributed by atoms with Crippen molar-refractivity contribution in [2.75, 3.05) is 14.2 Å². The van der Waals surface area contributed by atoms with Crippen molar-refractivity contribution in [2.45, 2.75) is 5.85 Å². The second-order valence-corrected chi connectivity index (χ2v) is 8.04. The third-order valence-electron chi connectivity index (χ3n) is 4.25. The van der Waals surface area contributed by atoms with Gasteiger partial charge in [-0.15, -0.1) is 0 Å². The van der Waals surface area contributed by atoms with Gasteiger partial charge in [-0.2, -0.15) is 0 Å². The Balaban J connectivity index is 1.92. The molecule has 2 aromatic heterocycles. The highest BCUT2D eigenvalue weighted by molar-refractivity contribution is 7.54. The summed E-state index contributed by atoms with van der Waals surface area (Å²) in [5.74, 6) is -0.386. The van der Waals surface area contributed by atoms with E-state index < -0.39 is 13.4 Å². The Morgan fingerprint density at radius 2 is 1.88 bits per heavy atom. The third-order valence-corrected chi connectivity index (χ3v) is 6.23. The van der Waals surface area contributed by atoms with E-state index in [0.29, 0.717) is 22.7 Å². The van der Waals surface area contributed by atoms with Gasteiger partial charge >= 0.3 is 7.60 Å². The van der Waals surface area contributed by atoms with E-state index in [0.717, 1.165) is 10.9 Å². The normalized spacial score (nSPS) is 18.1. The molecule has 0 saturated heterocycles. The summed E-state index contributed by atoms with van der Waals surface area (Å²) in [6, 6.07) is 15.2. The monoisotopic (exact) mass is 368 g/mol. The van der Waals surface area contributed by atoms with Crippen molar-refractivity contribution in [1.29, 1.82) is 0 Å². The Labute approximate surface area is 151 Å². The topological polar surface area (TPSA) is 70.5 Å². The van der Waals surface area contributed by atoms with Crippen LogP contribution in [0.25, 0.3) is 22.7 Å². The maximum atomic E-state index is 13.0. The lowest BCUT2D eigenvalue weighted by molar-refractivity contribution is 0.183. The maximum absolute atomic E-state index is 13.0. The second-order valence-electron chi connectivity index (χ2n) is 5.76. The zero-order valence-electron chi connectivity index (χ0n) is 14.3. The summed E-state index contributed by atoms with van der Waals surface area (Å²) in [7, 11) is -0.806. The highest BCUT2D eigenvalue weighted by Crippen LogP contribution is 2.64. The zero-order chi connectivity index (χ0) is 18.1. The molecule has 0 N–H and O–H groups in total. The molecule has 132 valence electrons. The summed E-state index contributed by atoms with van der Waals surface area (Å²) >= 11 is 0. The summed E-state index contributed by atoms with van der Waals surface area (Å²) in [6.45, 7) is 0. The van der Waals surface area contributed by atoms with E-state index in [4.69, 9.17) is 18.8 Å². The minimum atomic E-state index is -3.50. The van der Waals surface area contributed by atoms with Crippen LogP contribution in [-0.2, 0) is 18.3 Å². The number of hydrogen-bond acceptors (Lipinski definition) is 6. The van der Waals surface area contributed by atoms with Crippen LogP contribution in [0.4, 0.5) is 0 Å². The molecule has 1 atom stereocenters. The van der Waals surface area contributed by atoms with Crippen LogP contribution in [-0.4, -0.2) is 24.2 Å². The quantitative estimate of drug-likeness (QED) is 0.625. The van der Waals surface area contributed by atoms with E-state index in [1.165, 1.54) is 14.2 Å². The molecule has 0 radical (unpaired) electrons. The number of benzene rings is 1. The molecular formula is C19H17N2O4P. The Morgan fingerprint density at radius 3 is 2.62 bits per heavy atom. The molecule has 6 nitrogen and oxygen atoms in total. The second kappa shape index (κ2) is 6.65. The van der Waals surface area contributed by atoms with Crippen LogP contribution in [0.2, 0.25) is 0 Å². The number of aromatic nitrogens is 2. The molecule has 3 heterocycles. The van der Waals surface area contributed by atoms with Gasteiger partial charge in [0, 0.05) is 37.4 Å². The number of fused-ring (bicyclic) bond motifs is 2. The highest BCUT2D eigenvalue weighted by atomic mass is 31.2. The molecule has 0 bridgehead atoms. The van der Waals surface area contributed by atoms with Crippen molar-refractivity contribution < 1.29 is 18.3 Å². The molecule has 0 saturated carbocycles. The first-order chi connectivity index (χ1) is 12.6. The lowest BCUT2D eigenvalue weighted by Gasteiger charge is -2.20. The number of ether oxygens (including phenoxy) is 1. The van der Waals surface area contributed by atoms with Gasteiger partial charge in [0.2, 0.25) is 5.85 Å². The number of hydrogen-bond donors (Lipinski definition) is 0. The van der Waals surface area contributed by atoms with Crippen LogP contribution in [0.15, 0.2) is 54.7 Å². The van der Waals surface area contributed by atoms with Gasteiger partial charge in [-0.1, -0.05) is 24.3 Å². The van der Waals surface area contributed by atoms with Crippen LogP contribution < -0.4 is 0 Å². The van der Waals surface area contributed by atoms with Crippen LogP contribution in [0.3, 0.4) is 0 Å². The third kappa shape index (κ3) is 2.82. The predicted octanol–water partition coefficient (Wildman–Crippen LogP) is 4.64. The number of rotatable bonds is 4. The average molecular weight is 368 g/mol. The standard InChI is InChI=1S/C19H17N2O4P/c1-23-26(22,24-2)19-15-11-13-7-3-4-9-16(13)21-18(15)17(25-19)12-14-8-5-6-10-20-14/h3-12,19H,1-2H3/b17-12+. The van der Waals surface area contributed by atoms with Gasteiger partial charge in [0.25, 0.3) is 0 Å². The minimum Gasteiger partial charge on any atom is -0.471 e. The summed E-state index contributed by atoms with van der Waals surface area (Å²) in [6.07, 6.45) is 3.47. The molecular weight excluding hydrogens is 351 g/mol. The SMILES string of the molecule is COP(=O)(OC)C1O/C(=C/c2ccccn2)c2nc3ccccc3cc21.